The van der Waals surface area contributed by atoms with E-state index in [0.717, 1.165) is 0 Å². The Kier molecular flexibility index (Phi) is 3.64. The van der Waals surface area contributed by atoms with Crippen LogP contribution in [0.4, 0.5) is 0 Å². The van der Waals surface area contributed by atoms with Crippen LogP contribution in [0, 0.1) is 0 Å². The minimum absolute atomic E-state index is 0.0134. The zero-order valence-corrected chi connectivity index (χ0v) is 11.3. The summed E-state index contributed by atoms with van der Waals surface area (Å²) in [7, 11) is 1.47. The molecule has 0 spiro atoms. The van der Waals surface area contributed by atoms with E-state index >= 15 is 0 Å². The zero-order chi connectivity index (χ0) is 14.2. The molecule has 4 nitrogen and oxygen atoms in total. The van der Waals surface area contributed by atoms with E-state index in [9.17, 15) is 14.7 Å². The molecule has 0 heterocycles. The third-order valence-electron chi connectivity index (χ3n) is 2.76. The molecule has 6 heteroatoms. The molecule has 0 atom stereocenters. The number of halogens is 2. The molecule has 1 amide bonds. The topological polar surface area (TPSA) is 66.4 Å². The molecule has 2 aromatic carbocycles. The molecule has 98 valence electrons. The minimum atomic E-state index is -1.14. The number of carboxylic acid groups (broad SMARTS) is 1. The number of carbonyl (C=O) groups excluding carboxylic acids is 1. The summed E-state index contributed by atoms with van der Waals surface area (Å²) < 4.78 is 0. The first-order chi connectivity index (χ1) is 8.97. The maximum absolute atomic E-state index is 11.8. The van der Waals surface area contributed by atoms with E-state index in [2.05, 4.69) is 5.32 Å². The number of carbonyl (C=O) groups is 2. The van der Waals surface area contributed by atoms with Gasteiger partial charge in [-0.15, -0.1) is 0 Å². The molecule has 2 N–H and O–H groups in total. The van der Waals surface area contributed by atoms with Crippen molar-refractivity contribution in [3.05, 3.63) is 45.4 Å². The van der Waals surface area contributed by atoms with Crippen LogP contribution in [0.2, 0.25) is 10.0 Å². The van der Waals surface area contributed by atoms with Crippen LogP contribution in [0.15, 0.2) is 24.3 Å². The Hall–Kier alpha value is -1.78. The highest BCUT2D eigenvalue weighted by Crippen LogP contribution is 2.35. The minimum Gasteiger partial charge on any atom is -0.478 e. The highest BCUT2D eigenvalue weighted by Gasteiger charge is 2.19. The van der Waals surface area contributed by atoms with E-state index in [4.69, 9.17) is 23.2 Å². The first kappa shape index (κ1) is 13.6. The number of hydrogen-bond acceptors (Lipinski definition) is 2. The Labute approximate surface area is 118 Å². The van der Waals surface area contributed by atoms with Crippen molar-refractivity contribution in [3.63, 3.8) is 0 Å². The lowest BCUT2D eigenvalue weighted by Crippen LogP contribution is -2.19. The molecule has 0 aliphatic carbocycles. The van der Waals surface area contributed by atoms with Gasteiger partial charge in [0.1, 0.15) is 0 Å². The third kappa shape index (κ3) is 2.25. The van der Waals surface area contributed by atoms with Crippen LogP contribution in [-0.2, 0) is 0 Å². The molecule has 0 bridgehead atoms. The predicted molar refractivity (Wildman–Crippen MR) is 74.3 cm³/mol. The first-order valence-electron chi connectivity index (χ1n) is 5.33. The van der Waals surface area contributed by atoms with Crippen molar-refractivity contribution in [2.45, 2.75) is 0 Å². The summed E-state index contributed by atoms with van der Waals surface area (Å²) in [6.07, 6.45) is 0. The van der Waals surface area contributed by atoms with Crippen LogP contribution in [-0.4, -0.2) is 24.0 Å². The van der Waals surface area contributed by atoms with E-state index < -0.39 is 11.9 Å². The van der Waals surface area contributed by atoms with Gasteiger partial charge in [0.05, 0.1) is 5.56 Å². The molecule has 0 aliphatic heterocycles. The Morgan fingerprint density at radius 2 is 1.53 bits per heavy atom. The van der Waals surface area contributed by atoms with Crippen molar-refractivity contribution < 1.29 is 14.7 Å². The summed E-state index contributed by atoms with van der Waals surface area (Å²) >= 11 is 12.1. The summed E-state index contributed by atoms with van der Waals surface area (Å²) in [6, 6.07) is 5.81. The molecular weight excluding hydrogens is 289 g/mol. The predicted octanol–water partition coefficient (Wildman–Crippen LogP) is 3.20. The Morgan fingerprint density at radius 3 is 2.00 bits per heavy atom. The van der Waals surface area contributed by atoms with Crippen molar-refractivity contribution in [2.75, 3.05) is 7.05 Å². The molecule has 0 unspecified atom stereocenters. The van der Waals surface area contributed by atoms with Gasteiger partial charge in [-0.05, 0) is 24.3 Å². The molecule has 0 aliphatic rings. The largest absolute Gasteiger partial charge is 0.478 e. The number of nitrogens with one attached hydrogen (secondary N) is 1. The number of aromatic carboxylic acids is 1. The second-order valence-electron chi connectivity index (χ2n) is 3.82. The van der Waals surface area contributed by atoms with Crippen LogP contribution < -0.4 is 5.32 Å². The summed E-state index contributed by atoms with van der Waals surface area (Å²) in [5.41, 5.74) is 0.210. The monoisotopic (exact) mass is 297 g/mol. The summed E-state index contributed by atoms with van der Waals surface area (Å²) in [5, 5.41) is 12.9. The van der Waals surface area contributed by atoms with Crippen LogP contribution in [0.25, 0.3) is 10.8 Å². The van der Waals surface area contributed by atoms with Gasteiger partial charge in [-0.2, -0.15) is 0 Å². The molecule has 2 aromatic rings. The van der Waals surface area contributed by atoms with Gasteiger partial charge < -0.3 is 10.4 Å². The number of amides is 1. The normalized spacial score (nSPS) is 10.5. The Balaban J connectivity index is 3.00. The number of rotatable bonds is 2. The third-order valence-corrected chi connectivity index (χ3v) is 3.39. The van der Waals surface area contributed by atoms with Crippen molar-refractivity contribution >= 4 is 45.9 Å². The summed E-state index contributed by atoms with van der Waals surface area (Å²) in [4.78, 5) is 23.1. The Morgan fingerprint density at radius 1 is 1.00 bits per heavy atom. The molecule has 2 rings (SSSR count). The van der Waals surface area contributed by atoms with Gasteiger partial charge in [-0.1, -0.05) is 23.2 Å². The second-order valence-corrected chi connectivity index (χ2v) is 4.64. The standard InChI is InChI=1S/C13H9Cl2NO3/c1-16-12(17)6-2-4-8(14)11-9(15)5-3-7(10(6)11)13(18)19/h2-5H,1H3,(H,16,17)(H,18,19). The molecule has 0 saturated heterocycles. The highest BCUT2D eigenvalue weighted by molar-refractivity contribution is 6.43. The van der Waals surface area contributed by atoms with Crippen molar-refractivity contribution in [3.8, 4) is 0 Å². The van der Waals surface area contributed by atoms with Gasteiger partial charge in [0.2, 0.25) is 0 Å². The van der Waals surface area contributed by atoms with Gasteiger partial charge in [-0.25, -0.2) is 4.79 Å². The number of carboxylic acids is 1. The second kappa shape index (κ2) is 5.07. The quantitative estimate of drug-likeness (QED) is 0.894. The van der Waals surface area contributed by atoms with Gasteiger partial charge in [-0.3, -0.25) is 4.79 Å². The van der Waals surface area contributed by atoms with E-state index in [1.54, 1.807) is 0 Å². The lowest BCUT2D eigenvalue weighted by molar-refractivity contribution is 0.0699. The van der Waals surface area contributed by atoms with Gasteiger partial charge in [0.15, 0.2) is 0 Å². The maximum atomic E-state index is 11.8. The number of fused-ring (bicyclic) bond motifs is 1. The maximum Gasteiger partial charge on any atom is 0.336 e. The smallest absolute Gasteiger partial charge is 0.336 e. The van der Waals surface area contributed by atoms with Gasteiger partial charge >= 0.3 is 5.97 Å². The lowest BCUT2D eigenvalue weighted by Gasteiger charge is -2.11. The fourth-order valence-corrected chi connectivity index (χ4v) is 2.48. The van der Waals surface area contributed by atoms with E-state index in [0.29, 0.717) is 15.4 Å². The molecule has 0 aromatic heterocycles. The average Bonchev–Trinajstić information content (AvgIpc) is 2.38. The average molecular weight is 298 g/mol. The number of benzene rings is 2. The van der Waals surface area contributed by atoms with Crippen LogP contribution in [0.1, 0.15) is 20.7 Å². The first-order valence-corrected chi connectivity index (χ1v) is 6.09. The van der Waals surface area contributed by atoms with Crippen molar-refractivity contribution in [1.82, 2.24) is 5.32 Å². The van der Waals surface area contributed by atoms with E-state index in [-0.39, 0.29) is 16.5 Å². The molecule has 0 fully saturated rings. The van der Waals surface area contributed by atoms with Crippen molar-refractivity contribution in [2.24, 2.45) is 0 Å². The van der Waals surface area contributed by atoms with Crippen molar-refractivity contribution in [1.29, 1.82) is 0 Å². The van der Waals surface area contributed by atoms with E-state index in [1.807, 2.05) is 0 Å². The van der Waals surface area contributed by atoms with Gasteiger partial charge in [0, 0.05) is 33.4 Å². The van der Waals surface area contributed by atoms with Crippen LogP contribution in [0.3, 0.4) is 0 Å². The number of hydrogen-bond donors (Lipinski definition) is 2. The molecule has 19 heavy (non-hydrogen) atoms. The van der Waals surface area contributed by atoms with Crippen LogP contribution >= 0.6 is 23.2 Å². The Bertz CT molecular complexity index is 690. The fraction of sp³-hybridized carbons (Fsp3) is 0.0769. The lowest BCUT2D eigenvalue weighted by atomic mass is 9.98. The van der Waals surface area contributed by atoms with E-state index in [1.165, 1.54) is 31.3 Å². The summed E-state index contributed by atoms with van der Waals surface area (Å²) in [5.74, 6) is -1.54. The highest BCUT2D eigenvalue weighted by atomic mass is 35.5. The zero-order valence-electron chi connectivity index (χ0n) is 9.83. The molecule has 0 saturated carbocycles. The molecular formula is C13H9Cl2NO3. The fourth-order valence-electron chi connectivity index (χ4n) is 1.92. The molecule has 0 radical (unpaired) electrons. The van der Waals surface area contributed by atoms with Gasteiger partial charge in [0.25, 0.3) is 5.91 Å². The SMILES string of the molecule is CNC(=O)c1ccc(Cl)c2c(Cl)ccc(C(=O)O)c12. The summed E-state index contributed by atoms with van der Waals surface area (Å²) in [6.45, 7) is 0. The van der Waals surface area contributed by atoms with Crippen LogP contribution in [0.5, 0.6) is 0 Å².